The van der Waals surface area contributed by atoms with Crippen molar-refractivity contribution >= 4 is 54.3 Å². The van der Waals surface area contributed by atoms with Crippen molar-refractivity contribution in [2.45, 2.75) is 17.4 Å². The molecular formula is C29H22BrF2N5O5S. The average molecular weight is 670 g/mol. The Bertz CT molecular complexity index is 1910. The highest BCUT2D eigenvalue weighted by molar-refractivity contribution is 9.10. The molecule has 43 heavy (non-hydrogen) atoms. The van der Waals surface area contributed by atoms with Gasteiger partial charge in [-0.1, -0.05) is 46.3 Å². The van der Waals surface area contributed by atoms with Gasteiger partial charge in [-0.15, -0.1) is 0 Å². The molecule has 4 aromatic carbocycles. The summed E-state index contributed by atoms with van der Waals surface area (Å²) < 4.78 is 65.1. The monoisotopic (exact) mass is 669 g/mol. The van der Waals surface area contributed by atoms with Crippen LogP contribution in [-0.2, 0) is 26.0 Å². The molecule has 0 aliphatic heterocycles. The first-order valence-electron chi connectivity index (χ1n) is 12.6. The summed E-state index contributed by atoms with van der Waals surface area (Å²) in [4.78, 5) is 29.2. The smallest absolute Gasteiger partial charge is 0.328 e. The first kappa shape index (κ1) is 29.8. The Balaban J connectivity index is 1.35. The van der Waals surface area contributed by atoms with E-state index in [0.717, 1.165) is 22.4 Å². The van der Waals surface area contributed by atoms with Gasteiger partial charge >= 0.3 is 5.97 Å². The van der Waals surface area contributed by atoms with Gasteiger partial charge in [0.05, 0.1) is 23.4 Å². The van der Waals surface area contributed by atoms with Gasteiger partial charge in [-0.2, -0.15) is 5.10 Å². The van der Waals surface area contributed by atoms with E-state index < -0.39 is 50.8 Å². The van der Waals surface area contributed by atoms with Gasteiger partial charge in [0.1, 0.15) is 35.9 Å². The average Bonchev–Trinajstić information content (AvgIpc) is 3.53. The first-order valence-corrected chi connectivity index (χ1v) is 14.9. The number of methoxy groups -OCH3 is 1. The van der Waals surface area contributed by atoms with E-state index >= 15 is 8.78 Å². The molecule has 0 fully saturated rings. The highest BCUT2D eigenvalue weighted by atomic mass is 79.9. The third kappa shape index (κ3) is 6.39. The van der Waals surface area contributed by atoms with Crippen molar-refractivity contribution in [2.75, 3.05) is 11.8 Å². The minimum atomic E-state index is -4.25. The number of nitrogens with zero attached hydrogens (tertiary/aromatic N) is 3. The second kappa shape index (κ2) is 12.3. The van der Waals surface area contributed by atoms with Crippen LogP contribution in [0.2, 0.25) is 0 Å². The lowest BCUT2D eigenvalue weighted by molar-refractivity contribution is -0.142. The standard InChI is InChI=1S/C29H22BrF2N5O5S/c1-42-29(39)26(12-17-6-11-23(30)22-5-3-2-4-21(17)22)35-28(38)27-24(31)13-18(14-25(27)32)36-43(40,41)20-9-7-19(8-10-20)37-16-33-15-34-37/h2-11,13-16,26,36H,12H2,1H3,(H,35,38)/t26-/m0/s1. The van der Waals surface area contributed by atoms with Crippen LogP contribution in [-0.4, -0.2) is 48.2 Å². The molecule has 1 aromatic heterocycles. The second-order valence-corrected chi connectivity index (χ2v) is 11.8. The molecular weight excluding hydrogens is 648 g/mol. The summed E-state index contributed by atoms with van der Waals surface area (Å²) in [6, 6.07) is 16.5. The van der Waals surface area contributed by atoms with E-state index in [0.29, 0.717) is 23.4 Å². The van der Waals surface area contributed by atoms with Crippen molar-refractivity contribution in [3.63, 3.8) is 0 Å². The molecule has 2 N–H and O–H groups in total. The highest BCUT2D eigenvalue weighted by Gasteiger charge is 2.28. The number of anilines is 1. The SMILES string of the molecule is COC(=O)[C@H](Cc1ccc(Br)c2ccccc12)NC(=O)c1c(F)cc(NS(=O)(=O)c2ccc(-n3cncn3)cc2)cc1F. The van der Waals surface area contributed by atoms with Crippen molar-refractivity contribution in [1.29, 1.82) is 0 Å². The zero-order chi connectivity index (χ0) is 30.7. The molecule has 0 unspecified atom stereocenters. The molecule has 5 aromatic rings. The molecule has 0 bridgehead atoms. The number of halogens is 3. The van der Waals surface area contributed by atoms with E-state index in [4.69, 9.17) is 4.74 Å². The van der Waals surface area contributed by atoms with Crippen molar-refractivity contribution < 1.29 is 31.5 Å². The number of esters is 1. The number of fused-ring (bicyclic) bond motifs is 1. The van der Waals surface area contributed by atoms with Crippen LogP contribution in [0, 0.1) is 11.6 Å². The molecule has 10 nitrogen and oxygen atoms in total. The van der Waals surface area contributed by atoms with Crippen LogP contribution in [0.1, 0.15) is 15.9 Å². The number of benzene rings is 4. The quantitative estimate of drug-likeness (QED) is 0.216. The number of carbonyl (C=O) groups is 2. The third-order valence-corrected chi connectivity index (χ3v) is 8.62. The minimum Gasteiger partial charge on any atom is -0.467 e. The summed E-state index contributed by atoms with van der Waals surface area (Å²) in [6.07, 6.45) is 2.73. The van der Waals surface area contributed by atoms with E-state index in [1.54, 1.807) is 12.1 Å². The van der Waals surface area contributed by atoms with E-state index in [1.807, 2.05) is 24.3 Å². The lowest BCUT2D eigenvalue weighted by atomic mass is 9.98. The van der Waals surface area contributed by atoms with Gasteiger partial charge < -0.3 is 10.1 Å². The maximum Gasteiger partial charge on any atom is 0.328 e. The molecule has 0 spiro atoms. The molecule has 0 aliphatic rings. The summed E-state index contributed by atoms with van der Waals surface area (Å²) >= 11 is 3.48. The topological polar surface area (TPSA) is 132 Å². The molecule has 0 saturated carbocycles. The number of rotatable bonds is 9. The van der Waals surface area contributed by atoms with Crippen LogP contribution in [0.5, 0.6) is 0 Å². The normalized spacial score (nSPS) is 12.1. The van der Waals surface area contributed by atoms with Crippen LogP contribution in [0.25, 0.3) is 16.5 Å². The zero-order valence-corrected chi connectivity index (χ0v) is 24.7. The fourth-order valence-electron chi connectivity index (χ4n) is 4.47. The van der Waals surface area contributed by atoms with E-state index in [2.05, 4.69) is 36.1 Å². The highest BCUT2D eigenvalue weighted by Crippen LogP contribution is 2.28. The number of nitrogens with one attached hydrogen (secondary N) is 2. The Morgan fingerprint density at radius 3 is 2.30 bits per heavy atom. The lowest BCUT2D eigenvalue weighted by Gasteiger charge is -2.19. The number of hydrogen-bond donors (Lipinski definition) is 2. The van der Waals surface area contributed by atoms with Gasteiger partial charge in [0, 0.05) is 10.9 Å². The molecule has 0 saturated heterocycles. The summed E-state index contributed by atoms with van der Waals surface area (Å²) in [5.41, 5.74) is -0.204. The van der Waals surface area contributed by atoms with Crippen LogP contribution < -0.4 is 10.0 Å². The zero-order valence-electron chi connectivity index (χ0n) is 22.3. The minimum absolute atomic E-state index is 0.0248. The summed E-state index contributed by atoms with van der Waals surface area (Å²) in [7, 11) is -3.12. The third-order valence-electron chi connectivity index (χ3n) is 6.53. The molecule has 220 valence electrons. The van der Waals surface area contributed by atoms with Crippen molar-refractivity contribution in [1.82, 2.24) is 20.1 Å². The number of hydrogen-bond acceptors (Lipinski definition) is 7. The molecule has 0 radical (unpaired) electrons. The summed E-state index contributed by atoms with van der Waals surface area (Å²) in [6.45, 7) is 0. The lowest BCUT2D eigenvalue weighted by Crippen LogP contribution is -2.43. The predicted molar refractivity (Wildman–Crippen MR) is 157 cm³/mol. The van der Waals surface area contributed by atoms with Crippen molar-refractivity contribution in [3.8, 4) is 5.69 Å². The molecule has 1 amide bonds. The summed E-state index contributed by atoms with van der Waals surface area (Å²) in [5.74, 6) is -4.71. The fourth-order valence-corrected chi connectivity index (χ4v) is 5.99. The largest absolute Gasteiger partial charge is 0.467 e. The maximum absolute atomic E-state index is 15.1. The van der Waals surface area contributed by atoms with Gasteiger partial charge in [-0.3, -0.25) is 9.52 Å². The second-order valence-electron chi connectivity index (χ2n) is 9.26. The Morgan fingerprint density at radius 2 is 1.67 bits per heavy atom. The van der Waals surface area contributed by atoms with Gasteiger partial charge in [-0.25, -0.2) is 31.7 Å². The van der Waals surface area contributed by atoms with Crippen molar-refractivity contribution in [3.05, 3.63) is 113 Å². The number of carbonyl (C=O) groups excluding carboxylic acids is 2. The Hall–Kier alpha value is -4.69. The van der Waals surface area contributed by atoms with Gasteiger partial charge in [0.2, 0.25) is 0 Å². The number of ether oxygens (including phenoxy) is 1. The van der Waals surface area contributed by atoms with E-state index in [-0.39, 0.29) is 11.3 Å². The fraction of sp³-hybridized carbons (Fsp3) is 0.103. The Morgan fingerprint density at radius 1 is 1.00 bits per heavy atom. The van der Waals surface area contributed by atoms with Crippen molar-refractivity contribution in [2.24, 2.45) is 0 Å². The van der Waals surface area contributed by atoms with Gasteiger partial charge in [-0.05, 0) is 58.8 Å². The van der Waals surface area contributed by atoms with Crippen LogP contribution in [0.3, 0.4) is 0 Å². The number of aromatic nitrogens is 3. The Kier molecular flexibility index (Phi) is 8.50. The molecule has 14 heteroatoms. The Labute approximate surface area is 252 Å². The van der Waals surface area contributed by atoms with Gasteiger partial charge in [0.15, 0.2) is 0 Å². The number of sulfonamides is 1. The molecule has 1 heterocycles. The van der Waals surface area contributed by atoms with Gasteiger partial charge in [0.25, 0.3) is 15.9 Å². The van der Waals surface area contributed by atoms with Crippen LogP contribution in [0.4, 0.5) is 14.5 Å². The van der Waals surface area contributed by atoms with Crippen LogP contribution >= 0.6 is 15.9 Å². The predicted octanol–water partition coefficient (Wildman–Crippen LogP) is 4.78. The molecule has 1 atom stereocenters. The summed E-state index contributed by atoms with van der Waals surface area (Å²) in [5, 5.41) is 7.98. The van der Waals surface area contributed by atoms with E-state index in [1.165, 1.54) is 41.6 Å². The maximum atomic E-state index is 15.1. The first-order chi connectivity index (χ1) is 20.6. The van der Waals surface area contributed by atoms with Crippen LogP contribution in [0.15, 0.2) is 94.8 Å². The molecule has 5 rings (SSSR count). The molecule has 0 aliphatic carbocycles. The number of amides is 1. The van der Waals surface area contributed by atoms with E-state index in [9.17, 15) is 18.0 Å².